The molecule has 6 aromatic rings. The Morgan fingerprint density at radius 2 is 0.730 bits per heavy atom. The Bertz CT molecular complexity index is 2440. The first-order valence-electron chi connectivity index (χ1n) is 17.0. The van der Waals surface area contributed by atoms with Gasteiger partial charge in [0.05, 0.1) is 6.20 Å². The number of nitrogens with zero attached hydrogens (tertiary/aromatic N) is 2. The Morgan fingerprint density at radius 1 is 0.460 bits per heavy atom. The van der Waals surface area contributed by atoms with Crippen LogP contribution in [0.2, 0.25) is 0 Å². The summed E-state index contributed by atoms with van der Waals surface area (Å²) in [6, 6.07) is 9.35. The molecule has 0 N–H and O–H groups in total. The maximum atomic E-state index is 15.4. The number of rotatable bonds is 8. The van der Waals surface area contributed by atoms with E-state index in [2.05, 4.69) is 18.8 Å². The summed E-state index contributed by atoms with van der Waals surface area (Å²) in [4.78, 5) is 16.3. The minimum atomic E-state index is -7.22. The molecular formula is C39H17BF20N2O. The van der Waals surface area contributed by atoms with E-state index in [4.69, 9.17) is 0 Å². The maximum absolute atomic E-state index is 15.4. The summed E-state index contributed by atoms with van der Waals surface area (Å²) in [5.74, 6) is -70.9. The molecule has 0 fully saturated rings. The van der Waals surface area contributed by atoms with Gasteiger partial charge in [-0.3, -0.25) is 4.79 Å². The lowest BCUT2D eigenvalue weighted by atomic mass is 9.12. The number of Topliss-reactive ketones (excluding diaryl/α,β-unsaturated/α-hetero) is 1. The molecule has 0 aliphatic heterocycles. The third-order valence-corrected chi connectivity index (χ3v) is 9.50. The van der Waals surface area contributed by atoms with Crippen molar-refractivity contribution in [1.82, 2.24) is 4.98 Å². The Morgan fingerprint density at radius 3 is 1.00 bits per heavy atom. The summed E-state index contributed by atoms with van der Waals surface area (Å²) in [6.07, 6.45) is -1.71. The monoisotopic (exact) mass is 920 g/mol. The third-order valence-electron chi connectivity index (χ3n) is 9.50. The molecule has 1 aromatic heterocycles. The Hall–Kier alpha value is -6.49. The molecule has 0 atom stereocenters. The van der Waals surface area contributed by atoms with Gasteiger partial charge in [0.1, 0.15) is 58.4 Å². The summed E-state index contributed by atoms with van der Waals surface area (Å²) < 4.78 is 296. The zero-order chi connectivity index (χ0) is 47.3. The van der Waals surface area contributed by atoms with Crippen LogP contribution in [0.3, 0.4) is 0 Å². The molecule has 0 amide bonds. The van der Waals surface area contributed by atoms with Crippen LogP contribution in [0.5, 0.6) is 0 Å². The number of hydrogen-bond donors (Lipinski definition) is 0. The number of ketones is 1. The first-order chi connectivity index (χ1) is 29.4. The van der Waals surface area contributed by atoms with Crippen LogP contribution >= 0.6 is 0 Å². The van der Waals surface area contributed by atoms with Crippen LogP contribution in [0.25, 0.3) is 0 Å². The van der Waals surface area contributed by atoms with Crippen molar-refractivity contribution in [3.05, 3.63) is 177 Å². The van der Waals surface area contributed by atoms with Crippen molar-refractivity contribution >= 4 is 33.8 Å². The molecule has 0 spiro atoms. The molecule has 6 rings (SSSR count). The van der Waals surface area contributed by atoms with Crippen molar-refractivity contribution in [3.63, 3.8) is 0 Å². The van der Waals surface area contributed by atoms with Gasteiger partial charge in [0.15, 0.2) is 82.2 Å². The van der Waals surface area contributed by atoms with E-state index < -0.39 is 144 Å². The maximum Gasteiger partial charge on any atom is 0.227 e. The van der Waals surface area contributed by atoms with Gasteiger partial charge in [0.25, 0.3) is 0 Å². The Kier molecular flexibility index (Phi) is 13.4. The lowest BCUT2D eigenvalue weighted by Crippen LogP contribution is -2.81. The number of aromatic nitrogens is 2. The van der Waals surface area contributed by atoms with E-state index in [-0.39, 0.29) is 5.78 Å². The fraction of sp³-hybridized carbons (Fsp3) is 0.103. The standard InChI is InChI=1S/C24BF20.C15H17N2O/c26-5-1(6(27)14(35)21(42)13(5)34)25(2-7(28)15(36)22(43)16(37)8(2)29,3-9(30)17(38)23(44)18(39)10(3)31)4-11(32)19(40)24(45)20(41)12(4)33;1-12(2)14-10-17(9-8-16-14)11-15(18)13-6-4-3-5-7-13/h;3-10,12H,11H2,1-2H3/q-1;+1. The Balaban J connectivity index is 0.000000345. The molecule has 5 aromatic carbocycles. The summed E-state index contributed by atoms with van der Waals surface area (Å²) in [5, 5.41) is 0. The molecule has 0 saturated heterocycles. The van der Waals surface area contributed by atoms with E-state index in [0.717, 1.165) is 11.3 Å². The van der Waals surface area contributed by atoms with Gasteiger partial charge in [0, 0.05) is 11.5 Å². The molecular weight excluding hydrogens is 903 g/mol. The molecule has 3 nitrogen and oxygen atoms in total. The first-order valence-corrected chi connectivity index (χ1v) is 17.0. The highest BCUT2D eigenvalue weighted by Crippen LogP contribution is 2.30. The van der Waals surface area contributed by atoms with E-state index >= 15 is 35.1 Å². The highest BCUT2D eigenvalue weighted by atomic mass is 19.2. The molecule has 0 unspecified atom stereocenters. The zero-order valence-corrected chi connectivity index (χ0v) is 30.8. The predicted molar refractivity (Wildman–Crippen MR) is 179 cm³/mol. The van der Waals surface area contributed by atoms with E-state index in [1.807, 2.05) is 47.3 Å². The van der Waals surface area contributed by atoms with Crippen molar-refractivity contribution in [2.24, 2.45) is 0 Å². The number of carbonyl (C=O) groups is 1. The highest BCUT2D eigenvalue weighted by Gasteiger charge is 2.52. The second-order valence-electron chi connectivity index (χ2n) is 13.4. The van der Waals surface area contributed by atoms with E-state index in [1.165, 1.54) is 0 Å². The van der Waals surface area contributed by atoms with E-state index in [0.29, 0.717) is 12.5 Å². The highest BCUT2D eigenvalue weighted by molar-refractivity contribution is 7.20. The van der Waals surface area contributed by atoms with Gasteiger partial charge in [-0.25, -0.2) is 92.8 Å². The summed E-state index contributed by atoms with van der Waals surface area (Å²) in [7, 11) is 0. The summed E-state index contributed by atoms with van der Waals surface area (Å²) >= 11 is 0. The van der Waals surface area contributed by atoms with Crippen LogP contribution in [0, 0.1) is 116 Å². The molecule has 0 aliphatic rings. The van der Waals surface area contributed by atoms with Crippen molar-refractivity contribution in [1.29, 1.82) is 0 Å². The normalized spacial score (nSPS) is 11.6. The van der Waals surface area contributed by atoms with E-state index in [1.54, 1.807) is 6.20 Å². The number of benzene rings is 5. The van der Waals surface area contributed by atoms with Crippen LogP contribution < -0.4 is 26.4 Å². The van der Waals surface area contributed by atoms with Gasteiger partial charge in [-0.1, -0.05) is 44.2 Å². The summed E-state index contributed by atoms with van der Waals surface area (Å²) in [5.41, 5.74) is -12.6. The first kappa shape index (κ1) is 47.6. The van der Waals surface area contributed by atoms with Gasteiger partial charge >= 0.3 is 0 Å². The van der Waals surface area contributed by atoms with Crippen LogP contribution in [0.4, 0.5) is 87.8 Å². The average Bonchev–Trinajstić information content (AvgIpc) is 3.26. The predicted octanol–water partition coefficient (Wildman–Crippen LogP) is 8.22. The van der Waals surface area contributed by atoms with Crippen LogP contribution in [0.1, 0.15) is 35.8 Å². The molecule has 0 saturated carbocycles. The molecule has 0 aliphatic carbocycles. The van der Waals surface area contributed by atoms with Crippen molar-refractivity contribution in [2.75, 3.05) is 0 Å². The van der Waals surface area contributed by atoms with Crippen molar-refractivity contribution in [2.45, 2.75) is 26.3 Å². The van der Waals surface area contributed by atoms with Crippen molar-refractivity contribution < 1.29 is 97.2 Å². The second kappa shape index (κ2) is 17.7. The number of carbonyl (C=O) groups excluding carboxylic acids is 1. The SMILES string of the molecule is CC(C)c1c[n+](CC(=O)c2ccccc2)ccn1.Fc1c(F)c(F)c([B-](c2c(F)c(F)c(F)c(F)c2F)(c2c(F)c(F)c(F)c(F)c2F)c2c(F)c(F)c(F)c(F)c2F)c(F)c1F. The molecule has 24 heteroatoms. The lowest BCUT2D eigenvalue weighted by Gasteiger charge is -2.44. The quantitative estimate of drug-likeness (QED) is 0.0386. The smallest absolute Gasteiger partial charge is 0.227 e. The minimum Gasteiger partial charge on any atom is -0.287 e. The fourth-order valence-electron chi connectivity index (χ4n) is 6.60. The van der Waals surface area contributed by atoms with Gasteiger partial charge < -0.3 is 0 Å². The molecule has 63 heavy (non-hydrogen) atoms. The van der Waals surface area contributed by atoms with Crippen LogP contribution in [0.15, 0.2) is 48.9 Å². The second-order valence-corrected chi connectivity index (χ2v) is 13.4. The Labute approximate surface area is 338 Å². The molecule has 1 heterocycles. The largest absolute Gasteiger partial charge is 0.287 e. The van der Waals surface area contributed by atoms with E-state index in [9.17, 15) is 57.5 Å². The van der Waals surface area contributed by atoms with Gasteiger partial charge in [-0.2, -0.15) is 4.57 Å². The number of hydrogen-bond acceptors (Lipinski definition) is 2. The summed E-state index contributed by atoms with van der Waals surface area (Å²) in [6.45, 7) is 4.53. The van der Waals surface area contributed by atoms with Gasteiger partial charge in [-0.15, -0.1) is 21.9 Å². The topological polar surface area (TPSA) is 33.8 Å². The van der Waals surface area contributed by atoms with Crippen LogP contribution in [-0.2, 0) is 6.54 Å². The fourth-order valence-corrected chi connectivity index (χ4v) is 6.60. The lowest BCUT2D eigenvalue weighted by molar-refractivity contribution is -0.684. The third kappa shape index (κ3) is 7.72. The van der Waals surface area contributed by atoms with Gasteiger partial charge in [-0.05, 0) is 0 Å². The zero-order valence-electron chi connectivity index (χ0n) is 30.8. The molecule has 332 valence electrons. The van der Waals surface area contributed by atoms with Gasteiger partial charge in [0.2, 0.25) is 12.3 Å². The molecule has 0 bridgehead atoms. The van der Waals surface area contributed by atoms with Crippen LogP contribution in [-0.4, -0.2) is 16.9 Å². The average molecular weight is 920 g/mol. The minimum absolute atomic E-state index is 0.113. The van der Waals surface area contributed by atoms with Crippen molar-refractivity contribution in [3.8, 4) is 0 Å². The number of halogens is 20. The molecule has 0 radical (unpaired) electrons.